The van der Waals surface area contributed by atoms with Crippen LogP contribution in [-0.2, 0) is 16.6 Å². The Balaban J connectivity index is 2.32. The molecule has 1 heterocycles. The number of rotatable bonds is 6. The van der Waals surface area contributed by atoms with Gasteiger partial charge in [-0.1, -0.05) is 6.92 Å². The Kier molecular flexibility index (Phi) is 3.79. The van der Waals surface area contributed by atoms with Crippen LogP contribution < -0.4 is 5.73 Å². The van der Waals surface area contributed by atoms with Gasteiger partial charge in [-0.3, -0.25) is 0 Å². The number of sulfonamides is 1. The van der Waals surface area contributed by atoms with Crippen LogP contribution in [0.5, 0.6) is 0 Å². The molecular formula is C12H21N3O2S. The summed E-state index contributed by atoms with van der Waals surface area (Å²) in [4.78, 5) is 0.366. The molecule has 1 saturated carbocycles. The maximum absolute atomic E-state index is 12.3. The third kappa shape index (κ3) is 2.46. The zero-order chi connectivity index (χ0) is 13.3. The SMILES string of the molecule is CCCN(C)S(=O)(=O)c1cc(CN)n(C2CC2)c1. The first-order chi connectivity index (χ1) is 8.50. The molecule has 0 aromatic carbocycles. The van der Waals surface area contributed by atoms with Crippen molar-refractivity contribution in [3.63, 3.8) is 0 Å². The van der Waals surface area contributed by atoms with Gasteiger partial charge < -0.3 is 10.3 Å². The maximum Gasteiger partial charge on any atom is 0.244 e. The van der Waals surface area contributed by atoms with Gasteiger partial charge in [-0.15, -0.1) is 0 Å². The lowest BCUT2D eigenvalue weighted by Crippen LogP contribution is -2.27. The van der Waals surface area contributed by atoms with E-state index in [1.54, 1.807) is 19.3 Å². The fourth-order valence-corrected chi connectivity index (χ4v) is 3.42. The second kappa shape index (κ2) is 5.03. The highest BCUT2D eigenvalue weighted by Gasteiger charge is 2.29. The van der Waals surface area contributed by atoms with Gasteiger partial charge in [-0.05, 0) is 25.3 Å². The van der Waals surface area contributed by atoms with E-state index in [0.717, 1.165) is 25.0 Å². The Hall–Kier alpha value is -0.850. The van der Waals surface area contributed by atoms with Crippen molar-refractivity contribution in [1.29, 1.82) is 0 Å². The van der Waals surface area contributed by atoms with Crippen molar-refractivity contribution in [2.24, 2.45) is 5.73 Å². The molecule has 2 rings (SSSR count). The minimum atomic E-state index is -3.36. The molecule has 18 heavy (non-hydrogen) atoms. The van der Waals surface area contributed by atoms with E-state index in [0.29, 0.717) is 24.0 Å². The van der Waals surface area contributed by atoms with Crippen molar-refractivity contribution in [1.82, 2.24) is 8.87 Å². The van der Waals surface area contributed by atoms with Gasteiger partial charge >= 0.3 is 0 Å². The van der Waals surface area contributed by atoms with Gasteiger partial charge in [0.25, 0.3) is 0 Å². The lowest BCUT2D eigenvalue weighted by molar-refractivity contribution is 0.468. The van der Waals surface area contributed by atoms with E-state index in [9.17, 15) is 8.42 Å². The van der Waals surface area contributed by atoms with Crippen LogP contribution >= 0.6 is 0 Å². The minimum Gasteiger partial charge on any atom is -0.346 e. The summed E-state index contributed by atoms with van der Waals surface area (Å²) >= 11 is 0. The standard InChI is InChI=1S/C12H21N3O2S/c1-3-6-14(2)18(16,17)12-7-11(8-13)15(9-12)10-4-5-10/h7,9-10H,3-6,8,13H2,1-2H3. The Bertz CT molecular complexity index is 517. The lowest BCUT2D eigenvalue weighted by Gasteiger charge is -2.14. The molecule has 0 unspecified atom stereocenters. The van der Waals surface area contributed by atoms with E-state index in [2.05, 4.69) is 0 Å². The summed E-state index contributed by atoms with van der Waals surface area (Å²) in [5.41, 5.74) is 6.58. The Morgan fingerprint density at radius 1 is 1.50 bits per heavy atom. The van der Waals surface area contributed by atoms with Gasteiger partial charge in [-0.25, -0.2) is 12.7 Å². The zero-order valence-electron chi connectivity index (χ0n) is 11.0. The molecule has 0 bridgehead atoms. The van der Waals surface area contributed by atoms with Gasteiger partial charge in [0.15, 0.2) is 0 Å². The van der Waals surface area contributed by atoms with Crippen molar-refractivity contribution in [3.8, 4) is 0 Å². The highest BCUT2D eigenvalue weighted by molar-refractivity contribution is 7.89. The van der Waals surface area contributed by atoms with Crippen LogP contribution in [-0.4, -0.2) is 30.9 Å². The molecule has 0 amide bonds. The summed E-state index contributed by atoms with van der Waals surface area (Å²) in [5, 5.41) is 0. The van der Waals surface area contributed by atoms with E-state index >= 15 is 0 Å². The molecule has 0 radical (unpaired) electrons. The molecule has 2 N–H and O–H groups in total. The van der Waals surface area contributed by atoms with Gasteiger partial charge in [-0.2, -0.15) is 0 Å². The first kappa shape index (κ1) is 13.6. The molecule has 0 spiro atoms. The summed E-state index contributed by atoms with van der Waals surface area (Å²) in [6, 6.07) is 2.16. The summed E-state index contributed by atoms with van der Waals surface area (Å²) in [7, 11) is -1.74. The lowest BCUT2D eigenvalue weighted by atomic mass is 10.4. The fourth-order valence-electron chi connectivity index (χ4n) is 2.11. The van der Waals surface area contributed by atoms with Crippen LogP contribution in [0.4, 0.5) is 0 Å². The van der Waals surface area contributed by atoms with Crippen molar-refractivity contribution in [2.45, 2.75) is 43.7 Å². The quantitative estimate of drug-likeness (QED) is 0.848. The zero-order valence-corrected chi connectivity index (χ0v) is 11.8. The molecule has 0 saturated heterocycles. The number of nitrogens with two attached hydrogens (primary N) is 1. The van der Waals surface area contributed by atoms with Crippen LogP contribution in [0.3, 0.4) is 0 Å². The summed E-state index contributed by atoms with van der Waals surface area (Å²) in [6.45, 7) is 2.88. The van der Waals surface area contributed by atoms with E-state index in [4.69, 9.17) is 5.73 Å². The molecule has 102 valence electrons. The molecule has 1 aliphatic carbocycles. The molecule has 0 aliphatic heterocycles. The first-order valence-electron chi connectivity index (χ1n) is 6.37. The predicted molar refractivity (Wildman–Crippen MR) is 70.7 cm³/mol. The topological polar surface area (TPSA) is 68.3 Å². The largest absolute Gasteiger partial charge is 0.346 e. The fraction of sp³-hybridized carbons (Fsp3) is 0.667. The first-order valence-corrected chi connectivity index (χ1v) is 7.81. The maximum atomic E-state index is 12.3. The Morgan fingerprint density at radius 3 is 2.67 bits per heavy atom. The second-order valence-corrected chi connectivity index (χ2v) is 6.88. The third-order valence-electron chi connectivity index (χ3n) is 3.30. The molecule has 1 aromatic rings. The molecule has 1 fully saturated rings. The van der Waals surface area contributed by atoms with Crippen LogP contribution in [0.15, 0.2) is 17.2 Å². The molecule has 5 nitrogen and oxygen atoms in total. The monoisotopic (exact) mass is 271 g/mol. The predicted octanol–water partition coefficient (Wildman–Crippen LogP) is 1.31. The summed E-state index contributed by atoms with van der Waals surface area (Å²) in [6.07, 6.45) is 4.78. The molecular weight excluding hydrogens is 250 g/mol. The molecule has 1 aromatic heterocycles. The molecule has 1 aliphatic rings. The van der Waals surface area contributed by atoms with Crippen LogP contribution in [0.25, 0.3) is 0 Å². The van der Waals surface area contributed by atoms with Crippen molar-refractivity contribution in [3.05, 3.63) is 18.0 Å². The van der Waals surface area contributed by atoms with Gasteiger partial charge in [0.2, 0.25) is 10.0 Å². The van der Waals surface area contributed by atoms with Crippen LogP contribution in [0.1, 0.15) is 37.9 Å². The van der Waals surface area contributed by atoms with Gasteiger partial charge in [0.05, 0.1) is 0 Å². The average Bonchev–Trinajstić information content (AvgIpc) is 3.08. The van der Waals surface area contributed by atoms with Crippen LogP contribution in [0, 0.1) is 0 Å². The van der Waals surface area contributed by atoms with Crippen molar-refractivity contribution in [2.75, 3.05) is 13.6 Å². The van der Waals surface area contributed by atoms with Crippen molar-refractivity contribution >= 4 is 10.0 Å². The smallest absolute Gasteiger partial charge is 0.244 e. The number of aromatic nitrogens is 1. The summed E-state index contributed by atoms with van der Waals surface area (Å²) < 4.78 is 28.1. The normalized spacial score (nSPS) is 16.4. The highest BCUT2D eigenvalue weighted by Crippen LogP contribution is 2.37. The van der Waals surface area contributed by atoms with E-state index in [1.807, 2.05) is 11.5 Å². The van der Waals surface area contributed by atoms with E-state index in [1.165, 1.54) is 4.31 Å². The second-order valence-electron chi connectivity index (χ2n) is 4.84. The highest BCUT2D eigenvalue weighted by atomic mass is 32.2. The van der Waals surface area contributed by atoms with Crippen LogP contribution in [0.2, 0.25) is 0 Å². The molecule has 0 atom stereocenters. The average molecular weight is 271 g/mol. The van der Waals surface area contributed by atoms with Crippen molar-refractivity contribution < 1.29 is 8.42 Å². The molecule has 6 heteroatoms. The number of nitrogens with zero attached hydrogens (tertiary/aromatic N) is 2. The minimum absolute atomic E-state index is 0.366. The van der Waals surface area contributed by atoms with E-state index < -0.39 is 10.0 Å². The Labute approximate surface area is 109 Å². The Morgan fingerprint density at radius 2 is 2.17 bits per heavy atom. The van der Waals surface area contributed by atoms with Gasteiger partial charge in [0, 0.05) is 38.1 Å². The number of hydrogen-bond acceptors (Lipinski definition) is 3. The van der Waals surface area contributed by atoms with Gasteiger partial charge in [0.1, 0.15) is 4.90 Å². The van der Waals surface area contributed by atoms with E-state index in [-0.39, 0.29) is 0 Å². The third-order valence-corrected chi connectivity index (χ3v) is 5.13. The summed E-state index contributed by atoms with van der Waals surface area (Å²) in [5.74, 6) is 0. The number of hydrogen-bond donors (Lipinski definition) is 1.